The Hall–Kier alpha value is -8.78. The molecule has 0 aliphatic heterocycles. The Morgan fingerprint density at radius 3 is 1.56 bits per heavy atom. The lowest BCUT2D eigenvalue weighted by atomic mass is 9.68. The summed E-state index contributed by atoms with van der Waals surface area (Å²) in [6.07, 6.45) is 0. The monoisotopic (exact) mass is 863 g/mol. The summed E-state index contributed by atoms with van der Waals surface area (Å²) in [5, 5.41) is 7.55. The van der Waals surface area contributed by atoms with E-state index in [1.807, 2.05) is 0 Å². The Bertz CT molecular complexity index is 3800. The van der Waals surface area contributed by atoms with Crippen molar-refractivity contribution in [3.05, 3.63) is 295 Å². The van der Waals surface area contributed by atoms with E-state index in [1.165, 1.54) is 88.0 Å². The number of fused-ring (bicyclic) bond motifs is 7. The summed E-state index contributed by atoms with van der Waals surface area (Å²) in [5.41, 5.74) is 17.4. The fourth-order valence-electron chi connectivity index (χ4n) is 11.3. The van der Waals surface area contributed by atoms with Crippen LogP contribution in [-0.2, 0) is 5.41 Å². The van der Waals surface area contributed by atoms with Gasteiger partial charge in [0.2, 0.25) is 0 Å². The normalized spacial score (nSPS) is 12.5. The van der Waals surface area contributed by atoms with Gasteiger partial charge in [0.05, 0.1) is 16.8 Å². The molecule has 12 aromatic rings. The molecule has 13 rings (SSSR count). The van der Waals surface area contributed by atoms with Crippen LogP contribution in [0.25, 0.3) is 76.8 Å². The minimum Gasteiger partial charge on any atom is -0.309 e. The first-order valence-corrected chi connectivity index (χ1v) is 23.6. The summed E-state index contributed by atoms with van der Waals surface area (Å²) < 4.78 is 0. The molecule has 68 heavy (non-hydrogen) atoms. The van der Waals surface area contributed by atoms with E-state index >= 15 is 0 Å². The maximum absolute atomic E-state index is 2.51. The van der Waals surface area contributed by atoms with Crippen LogP contribution in [0.4, 0.5) is 17.1 Å². The Morgan fingerprint density at radius 1 is 0.265 bits per heavy atom. The van der Waals surface area contributed by atoms with E-state index in [0.717, 1.165) is 28.2 Å². The zero-order chi connectivity index (χ0) is 45.0. The summed E-state index contributed by atoms with van der Waals surface area (Å²) in [7, 11) is 0. The molecule has 1 aliphatic rings. The standard InChI is InChI=1S/C67H45N/c1-3-23-53(24-4-1)67(54-25-5-2-6-26-54)62-32-13-11-30-61(62)66-63(67)33-17-35-65(66)68(55-41-38-46(39-42-55)49-40-43-59-52(44-49)37-36-48-19-8-10-28-57(48)59)64-34-14-12-29-60(64)51-22-15-21-50(45-51)58-31-16-20-47-18-7-9-27-56(47)58/h1-45H. The number of para-hydroxylation sites is 1. The van der Waals surface area contributed by atoms with Gasteiger partial charge in [0.15, 0.2) is 0 Å². The Morgan fingerprint density at radius 2 is 0.779 bits per heavy atom. The van der Waals surface area contributed by atoms with E-state index in [-0.39, 0.29) is 0 Å². The molecule has 0 fully saturated rings. The van der Waals surface area contributed by atoms with Crippen LogP contribution in [0.3, 0.4) is 0 Å². The molecule has 0 bridgehead atoms. The molecule has 1 heteroatoms. The van der Waals surface area contributed by atoms with Crippen molar-refractivity contribution in [2.75, 3.05) is 4.90 Å². The predicted octanol–water partition coefficient (Wildman–Crippen LogP) is 18.0. The van der Waals surface area contributed by atoms with Crippen molar-refractivity contribution in [1.29, 1.82) is 0 Å². The summed E-state index contributed by atoms with van der Waals surface area (Å²) in [6.45, 7) is 0. The lowest BCUT2D eigenvalue weighted by Gasteiger charge is -2.34. The lowest BCUT2D eigenvalue weighted by molar-refractivity contribution is 0.768. The van der Waals surface area contributed by atoms with Gasteiger partial charge < -0.3 is 4.90 Å². The molecule has 12 aromatic carbocycles. The van der Waals surface area contributed by atoms with Gasteiger partial charge in [-0.2, -0.15) is 0 Å². The number of rotatable bonds is 8. The van der Waals surface area contributed by atoms with Crippen molar-refractivity contribution in [2.24, 2.45) is 0 Å². The van der Waals surface area contributed by atoms with Crippen molar-refractivity contribution in [3.8, 4) is 44.5 Å². The Kier molecular flexibility index (Phi) is 9.47. The van der Waals surface area contributed by atoms with Gasteiger partial charge in [-0.25, -0.2) is 0 Å². The summed E-state index contributed by atoms with van der Waals surface area (Å²) in [4.78, 5) is 2.51. The minimum absolute atomic E-state index is 0.534. The zero-order valence-electron chi connectivity index (χ0n) is 37.4. The smallest absolute Gasteiger partial charge is 0.0714 e. The topological polar surface area (TPSA) is 3.24 Å². The van der Waals surface area contributed by atoms with Crippen molar-refractivity contribution >= 4 is 49.4 Å². The summed E-state index contributed by atoms with van der Waals surface area (Å²) in [5.74, 6) is 0. The van der Waals surface area contributed by atoms with Crippen molar-refractivity contribution in [3.63, 3.8) is 0 Å². The van der Waals surface area contributed by atoms with Crippen LogP contribution >= 0.6 is 0 Å². The first-order valence-electron chi connectivity index (χ1n) is 23.6. The van der Waals surface area contributed by atoms with Crippen molar-refractivity contribution in [1.82, 2.24) is 0 Å². The van der Waals surface area contributed by atoms with Crippen molar-refractivity contribution in [2.45, 2.75) is 5.41 Å². The number of hydrogen-bond acceptors (Lipinski definition) is 1. The average molecular weight is 864 g/mol. The number of benzene rings is 12. The molecule has 0 amide bonds. The van der Waals surface area contributed by atoms with E-state index < -0.39 is 5.41 Å². The number of nitrogens with zero attached hydrogens (tertiary/aromatic N) is 1. The quantitative estimate of drug-likeness (QED) is 0.138. The molecular formula is C67H45N. The summed E-state index contributed by atoms with van der Waals surface area (Å²) in [6, 6.07) is 101. The van der Waals surface area contributed by atoms with Gasteiger partial charge in [-0.05, 0) is 124 Å². The van der Waals surface area contributed by atoms with E-state index in [2.05, 4.69) is 278 Å². The highest BCUT2D eigenvalue weighted by Crippen LogP contribution is 2.60. The molecule has 0 spiro atoms. The molecule has 0 heterocycles. The van der Waals surface area contributed by atoms with Crippen LogP contribution in [-0.4, -0.2) is 0 Å². The van der Waals surface area contributed by atoms with Gasteiger partial charge >= 0.3 is 0 Å². The van der Waals surface area contributed by atoms with E-state index in [0.29, 0.717) is 0 Å². The second-order valence-electron chi connectivity index (χ2n) is 18.0. The molecule has 1 aliphatic carbocycles. The second kappa shape index (κ2) is 16.3. The van der Waals surface area contributed by atoms with Gasteiger partial charge in [-0.1, -0.05) is 237 Å². The predicted molar refractivity (Wildman–Crippen MR) is 287 cm³/mol. The van der Waals surface area contributed by atoms with Gasteiger partial charge in [-0.3, -0.25) is 0 Å². The average Bonchev–Trinajstić information content (AvgIpc) is 3.73. The molecule has 0 saturated carbocycles. The molecule has 318 valence electrons. The minimum atomic E-state index is -0.534. The van der Waals surface area contributed by atoms with Crippen LogP contribution in [0, 0.1) is 0 Å². The van der Waals surface area contributed by atoms with Crippen LogP contribution < -0.4 is 4.90 Å². The number of anilines is 3. The lowest BCUT2D eigenvalue weighted by Crippen LogP contribution is -2.28. The fraction of sp³-hybridized carbons (Fsp3) is 0.0149. The Labute approximate surface area is 397 Å². The molecule has 0 aromatic heterocycles. The molecule has 0 radical (unpaired) electrons. The first-order chi connectivity index (χ1) is 33.7. The highest BCUT2D eigenvalue weighted by Gasteiger charge is 2.47. The van der Waals surface area contributed by atoms with Crippen LogP contribution in [0.2, 0.25) is 0 Å². The highest BCUT2D eigenvalue weighted by atomic mass is 15.1. The zero-order valence-corrected chi connectivity index (χ0v) is 37.4. The van der Waals surface area contributed by atoms with E-state index in [9.17, 15) is 0 Å². The highest BCUT2D eigenvalue weighted by molar-refractivity contribution is 6.08. The van der Waals surface area contributed by atoms with Gasteiger partial charge in [-0.15, -0.1) is 0 Å². The van der Waals surface area contributed by atoms with E-state index in [1.54, 1.807) is 0 Å². The molecule has 1 nitrogen and oxygen atoms in total. The maximum atomic E-state index is 2.51. The van der Waals surface area contributed by atoms with E-state index in [4.69, 9.17) is 0 Å². The largest absolute Gasteiger partial charge is 0.309 e. The molecular weight excluding hydrogens is 819 g/mol. The SMILES string of the molecule is c1ccc(C2(c3ccccc3)c3ccccc3-c3c(N(c4ccc(-c5ccc6c(ccc7ccccc76)c5)cc4)c4ccccc4-c4cccc(-c5cccc6ccccc56)c4)cccc32)cc1. The molecule has 0 atom stereocenters. The molecule has 0 N–H and O–H groups in total. The fourth-order valence-corrected chi connectivity index (χ4v) is 11.3. The maximum Gasteiger partial charge on any atom is 0.0714 e. The third-order valence-electron chi connectivity index (χ3n) is 14.3. The van der Waals surface area contributed by atoms with Gasteiger partial charge in [0, 0.05) is 16.8 Å². The molecule has 0 saturated heterocycles. The van der Waals surface area contributed by atoms with Gasteiger partial charge in [0.25, 0.3) is 0 Å². The van der Waals surface area contributed by atoms with Crippen LogP contribution in [0.1, 0.15) is 22.3 Å². The van der Waals surface area contributed by atoms with Crippen molar-refractivity contribution < 1.29 is 0 Å². The Balaban J connectivity index is 1.03. The van der Waals surface area contributed by atoms with Gasteiger partial charge in [0.1, 0.15) is 0 Å². The third kappa shape index (κ3) is 6.32. The van der Waals surface area contributed by atoms with Crippen LogP contribution in [0.5, 0.6) is 0 Å². The summed E-state index contributed by atoms with van der Waals surface area (Å²) >= 11 is 0. The van der Waals surface area contributed by atoms with Crippen LogP contribution in [0.15, 0.2) is 273 Å². The second-order valence-corrected chi connectivity index (χ2v) is 18.0. The molecule has 0 unspecified atom stereocenters. The third-order valence-corrected chi connectivity index (χ3v) is 14.3. The number of hydrogen-bond donors (Lipinski definition) is 0. The first kappa shape index (κ1) is 39.6.